The minimum atomic E-state index is -0.496. The van der Waals surface area contributed by atoms with E-state index in [1.807, 2.05) is 56.3 Å². The van der Waals surface area contributed by atoms with Gasteiger partial charge in [0.05, 0.1) is 25.4 Å². The summed E-state index contributed by atoms with van der Waals surface area (Å²) >= 11 is 4.67. The van der Waals surface area contributed by atoms with Crippen molar-refractivity contribution in [3.63, 3.8) is 0 Å². The predicted octanol–water partition coefficient (Wildman–Crippen LogP) is 7.41. The van der Waals surface area contributed by atoms with Crippen LogP contribution in [0.2, 0.25) is 0 Å². The van der Waals surface area contributed by atoms with E-state index in [4.69, 9.17) is 13.9 Å². The van der Waals surface area contributed by atoms with Gasteiger partial charge in [-0.25, -0.2) is 9.18 Å². The summed E-state index contributed by atoms with van der Waals surface area (Å²) in [5.74, 6) is -0.531. The summed E-state index contributed by atoms with van der Waals surface area (Å²) in [6.07, 6.45) is 0. The lowest BCUT2D eigenvalue weighted by atomic mass is 9.98. The number of nitrogens with zero attached hydrogens (tertiary/aromatic N) is 1. The molecule has 0 saturated carbocycles. The number of carbonyl (C=O) groups is 1. The average Bonchev–Trinajstić information content (AvgIpc) is 3.27. The Labute approximate surface area is 211 Å². The normalized spacial score (nSPS) is 10.6. The van der Waals surface area contributed by atoms with E-state index in [1.54, 1.807) is 30.5 Å². The van der Waals surface area contributed by atoms with E-state index in [0.29, 0.717) is 41.0 Å². The number of anilines is 1. The molecule has 1 heterocycles. The van der Waals surface area contributed by atoms with E-state index in [9.17, 15) is 9.18 Å². The fourth-order valence-electron chi connectivity index (χ4n) is 3.70. The fraction of sp³-hybridized carbons (Fsp3) is 0.250. The van der Waals surface area contributed by atoms with Crippen LogP contribution in [0.5, 0.6) is 0 Å². The molecule has 4 rings (SSSR count). The molecule has 5 nitrogen and oxygen atoms in total. The first-order valence-corrected chi connectivity index (χ1v) is 12.0. The molecule has 0 unspecified atom stereocenters. The summed E-state index contributed by atoms with van der Waals surface area (Å²) in [6.45, 7) is 7.00. The molecule has 7 heteroatoms. The third kappa shape index (κ3) is 5.86. The molecule has 0 atom stereocenters. The Kier molecular flexibility index (Phi) is 9.34. The first-order chi connectivity index (χ1) is 17.0. The quantitative estimate of drug-likeness (QED) is 0.204. The van der Waals surface area contributed by atoms with Gasteiger partial charge in [0.25, 0.3) is 0 Å². The number of esters is 1. The molecule has 3 aromatic carbocycles. The lowest BCUT2D eigenvalue weighted by Gasteiger charge is -2.21. The minimum Gasteiger partial charge on any atom is -0.462 e. The van der Waals surface area contributed by atoms with Crippen molar-refractivity contribution in [2.45, 2.75) is 20.8 Å². The van der Waals surface area contributed by atoms with Crippen molar-refractivity contribution in [2.75, 3.05) is 31.2 Å². The molecular formula is C28H30FNO4S. The van der Waals surface area contributed by atoms with Crippen LogP contribution < -0.4 is 4.31 Å². The van der Waals surface area contributed by atoms with Gasteiger partial charge in [-0.1, -0.05) is 57.0 Å². The maximum atomic E-state index is 13.5. The number of hydrogen-bond donors (Lipinski definition) is 1. The van der Waals surface area contributed by atoms with Gasteiger partial charge in [0, 0.05) is 29.7 Å². The Hall–Kier alpha value is -3.29. The standard InChI is InChI=1S/C26H24FNO4S.C2H6/c1-3-31-26(29)24-21-15-20(17-7-5-4-6-8-17)22(28(33)13-14-30-2)16-23(21)32-25(24)18-9-11-19(27)12-10-18;1-2/h4-12,15-16,33H,3,13-14H2,1-2H3;1-2H3. The number of thiol groups is 1. The third-order valence-corrected chi connectivity index (χ3v) is 5.68. The Bertz CT molecular complexity index is 1260. The van der Waals surface area contributed by atoms with Crippen LogP contribution in [-0.2, 0) is 9.47 Å². The van der Waals surface area contributed by atoms with E-state index in [1.165, 1.54) is 12.1 Å². The summed E-state index contributed by atoms with van der Waals surface area (Å²) < 4.78 is 32.0. The Morgan fingerprint density at radius 3 is 2.34 bits per heavy atom. The van der Waals surface area contributed by atoms with Crippen molar-refractivity contribution in [3.8, 4) is 22.5 Å². The highest BCUT2D eigenvalue weighted by Crippen LogP contribution is 2.41. The molecule has 35 heavy (non-hydrogen) atoms. The van der Waals surface area contributed by atoms with Crippen LogP contribution in [0, 0.1) is 5.82 Å². The highest BCUT2D eigenvalue weighted by molar-refractivity contribution is 7.81. The zero-order chi connectivity index (χ0) is 25.4. The summed E-state index contributed by atoms with van der Waals surface area (Å²) in [4.78, 5) is 13.0. The number of ether oxygens (including phenoxy) is 2. The number of fused-ring (bicyclic) bond motifs is 1. The van der Waals surface area contributed by atoms with Gasteiger partial charge in [-0.15, -0.1) is 0 Å². The van der Waals surface area contributed by atoms with Crippen LogP contribution in [0.15, 0.2) is 71.1 Å². The van der Waals surface area contributed by atoms with Crippen LogP contribution in [0.4, 0.5) is 10.1 Å². The van der Waals surface area contributed by atoms with Gasteiger partial charge in [-0.3, -0.25) is 0 Å². The second-order valence-corrected chi connectivity index (χ2v) is 7.86. The van der Waals surface area contributed by atoms with E-state index >= 15 is 0 Å². The number of hydrogen-bond acceptors (Lipinski definition) is 6. The molecule has 0 aliphatic rings. The first-order valence-electron chi connectivity index (χ1n) is 11.6. The molecular weight excluding hydrogens is 465 g/mol. The number of rotatable bonds is 8. The second-order valence-electron chi connectivity index (χ2n) is 7.38. The van der Waals surface area contributed by atoms with Crippen molar-refractivity contribution in [1.82, 2.24) is 0 Å². The highest BCUT2D eigenvalue weighted by atomic mass is 32.1. The molecule has 0 spiro atoms. The first kappa shape index (κ1) is 26.3. The topological polar surface area (TPSA) is 51.9 Å². The number of benzene rings is 3. The van der Waals surface area contributed by atoms with Crippen LogP contribution in [0.1, 0.15) is 31.1 Å². The molecule has 0 saturated heterocycles. The average molecular weight is 496 g/mol. The molecule has 1 aromatic heterocycles. The molecule has 0 aliphatic heterocycles. The van der Waals surface area contributed by atoms with Gasteiger partial charge >= 0.3 is 5.97 Å². The van der Waals surface area contributed by atoms with Crippen LogP contribution in [0.3, 0.4) is 0 Å². The Balaban J connectivity index is 0.00000167. The van der Waals surface area contributed by atoms with Gasteiger partial charge in [0.1, 0.15) is 22.7 Å². The molecule has 0 bridgehead atoms. The van der Waals surface area contributed by atoms with E-state index in [0.717, 1.165) is 16.8 Å². The van der Waals surface area contributed by atoms with Crippen LogP contribution in [0.25, 0.3) is 33.4 Å². The smallest absolute Gasteiger partial charge is 0.342 e. The van der Waals surface area contributed by atoms with Gasteiger partial charge in [0.2, 0.25) is 0 Å². The Morgan fingerprint density at radius 2 is 1.71 bits per heavy atom. The van der Waals surface area contributed by atoms with Crippen LogP contribution in [-0.4, -0.2) is 32.8 Å². The van der Waals surface area contributed by atoms with Crippen molar-refractivity contribution in [2.24, 2.45) is 0 Å². The van der Waals surface area contributed by atoms with Crippen molar-refractivity contribution in [3.05, 3.63) is 78.1 Å². The van der Waals surface area contributed by atoms with E-state index in [-0.39, 0.29) is 12.4 Å². The third-order valence-electron chi connectivity index (χ3n) is 5.26. The lowest BCUT2D eigenvalue weighted by molar-refractivity contribution is 0.0528. The summed E-state index contributed by atoms with van der Waals surface area (Å²) in [6, 6.07) is 19.4. The highest BCUT2D eigenvalue weighted by Gasteiger charge is 2.25. The van der Waals surface area contributed by atoms with E-state index in [2.05, 4.69) is 12.8 Å². The number of furan rings is 1. The molecule has 0 fully saturated rings. The molecule has 0 N–H and O–H groups in total. The second kappa shape index (κ2) is 12.4. The lowest BCUT2D eigenvalue weighted by Crippen LogP contribution is -2.17. The van der Waals surface area contributed by atoms with Gasteiger partial charge in [-0.2, -0.15) is 0 Å². The Morgan fingerprint density at radius 1 is 1.03 bits per heavy atom. The monoisotopic (exact) mass is 495 g/mol. The van der Waals surface area contributed by atoms with Crippen molar-refractivity contribution >= 4 is 35.4 Å². The predicted molar refractivity (Wildman–Crippen MR) is 143 cm³/mol. The maximum absolute atomic E-state index is 13.5. The van der Waals surface area contributed by atoms with Gasteiger partial charge in [-0.05, 0) is 42.8 Å². The number of halogens is 1. The van der Waals surface area contributed by atoms with Gasteiger partial charge < -0.3 is 18.2 Å². The molecule has 0 radical (unpaired) electrons. The maximum Gasteiger partial charge on any atom is 0.342 e. The zero-order valence-electron chi connectivity index (χ0n) is 20.4. The minimum absolute atomic E-state index is 0.222. The fourth-order valence-corrected chi connectivity index (χ4v) is 3.95. The van der Waals surface area contributed by atoms with Crippen molar-refractivity contribution in [1.29, 1.82) is 0 Å². The van der Waals surface area contributed by atoms with Gasteiger partial charge in [0.15, 0.2) is 0 Å². The molecule has 0 amide bonds. The van der Waals surface area contributed by atoms with Crippen molar-refractivity contribution < 1.29 is 23.1 Å². The summed E-state index contributed by atoms with van der Waals surface area (Å²) in [7, 11) is 1.63. The van der Waals surface area contributed by atoms with Crippen LogP contribution >= 0.6 is 12.8 Å². The number of carbonyl (C=O) groups excluding carboxylic acids is 1. The molecule has 184 valence electrons. The van der Waals surface area contributed by atoms with E-state index < -0.39 is 5.97 Å². The summed E-state index contributed by atoms with van der Waals surface area (Å²) in [5, 5.41) is 0.615. The number of methoxy groups -OCH3 is 1. The SMILES string of the molecule is CC.CCOC(=O)c1c(-c2ccc(F)cc2)oc2cc(N(S)CCOC)c(-c3ccccc3)cc12. The molecule has 0 aliphatic carbocycles. The zero-order valence-corrected chi connectivity index (χ0v) is 21.3. The summed E-state index contributed by atoms with van der Waals surface area (Å²) in [5.41, 5.74) is 4.05. The largest absolute Gasteiger partial charge is 0.462 e. The molecule has 4 aromatic rings.